The highest BCUT2D eigenvalue weighted by atomic mass is 15.1. The Labute approximate surface area is 94.2 Å². The lowest BCUT2D eigenvalue weighted by Gasteiger charge is -2.14. The van der Waals surface area contributed by atoms with Crippen molar-refractivity contribution in [2.24, 2.45) is 0 Å². The topological polar surface area (TPSA) is 54.8 Å². The average Bonchev–Trinajstić information content (AvgIpc) is 2.31. The number of hydrogen-bond donors (Lipinski definition) is 0. The maximum Gasteiger partial charge on any atom is 0.0726 e. The fourth-order valence-corrected chi connectivity index (χ4v) is 1.43. The highest BCUT2D eigenvalue weighted by Crippen LogP contribution is 2.01. The molecule has 0 spiro atoms. The van der Waals surface area contributed by atoms with Crippen LogP contribution in [-0.2, 0) is 13.1 Å². The molecular formula is C11H13N5. The van der Waals surface area contributed by atoms with Crippen molar-refractivity contribution in [3.8, 4) is 0 Å². The zero-order valence-electron chi connectivity index (χ0n) is 9.11. The summed E-state index contributed by atoms with van der Waals surface area (Å²) in [7, 11) is 2.02. The van der Waals surface area contributed by atoms with Gasteiger partial charge >= 0.3 is 0 Å². The van der Waals surface area contributed by atoms with E-state index < -0.39 is 0 Å². The van der Waals surface area contributed by atoms with Crippen LogP contribution in [0.25, 0.3) is 0 Å². The Morgan fingerprint density at radius 1 is 0.875 bits per heavy atom. The number of aromatic nitrogens is 4. The Morgan fingerprint density at radius 2 is 1.38 bits per heavy atom. The second kappa shape index (κ2) is 5.27. The molecule has 16 heavy (non-hydrogen) atoms. The van der Waals surface area contributed by atoms with Gasteiger partial charge in [-0.25, -0.2) is 0 Å². The molecule has 0 aliphatic rings. The van der Waals surface area contributed by atoms with Gasteiger partial charge in [0, 0.05) is 50.3 Å². The van der Waals surface area contributed by atoms with Crippen LogP contribution in [0.4, 0.5) is 0 Å². The largest absolute Gasteiger partial charge is 0.295 e. The van der Waals surface area contributed by atoms with Crippen LogP contribution in [0, 0.1) is 0 Å². The molecule has 0 atom stereocenters. The van der Waals surface area contributed by atoms with Crippen LogP contribution < -0.4 is 0 Å². The maximum absolute atomic E-state index is 4.22. The van der Waals surface area contributed by atoms with Crippen LogP contribution in [0.1, 0.15) is 11.4 Å². The molecule has 2 rings (SSSR count). The molecule has 82 valence electrons. The van der Waals surface area contributed by atoms with Crippen LogP contribution in [0.3, 0.4) is 0 Å². The average molecular weight is 215 g/mol. The van der Waals surface area contributed by atoms with Gasteiger partial charge in [0.25, 0.3) is 0 Å². The Balaban J connectivity index is 1.92. The van der Waals surface area contributed by atoms with Crippen molar-refractivity contribution in [3.05, 3.63) is 48.6 Å². The maximum atomic E-state index is 4.22. The van der Waals surface area contributed by atoms with E-state index in [0.29, 0.717) is 0 Å². The van der Waals surface area contributed by atoms with Gasteiger partial charge in [-0.15, -0.1) is 0 Å². The third-order valence-corrected chi connectivity index (χ3v) is 2.10. The smallest absolute Gasteiger partial charge is 0.0726 e. The van der Waals surface area contributed by atoms with Gasteiger partial charge in [0.2, 0.25) is 0 Å². The first-order chi connectivity index (χ1) is 7.84. The lowest BCUT2D eigenvalue weighted by molar-refractivity contribution is 0.310. The second-order valence-electron chi connectivity index (χ2n) is 3.57. The zero-order chi connectivity index (χ0) is 11.2. The fourth-order valence-electron chi connectivity index (χ4n) is 1.43. The zero-order valence-corrected chi connectivity index (χ0v) is 9.11. The Kier molecular flexibility index (Phi) is 3.50. The first-order valence-corrected chi connectivity index (χ1v) is 5.03. The molecular weight excluding hydrogens is 202 g/mol. The van der Waals surface area contributed by atoms with Gasteiger partial charge in [-0.05, 0) is 7.05 Å². The van der Waals surface area contributed by atoms with Crippen molar-refractivity contribution >= 4 is 0 Å². The van der Waals surface area contributed by atoms with Crippen molar-refractivity contribution in [2.45, 2.75) is 13.1 Å². The standard InChI is InChI=1S/C11H13N5/c1-16(8-10-6-12-2-4-14-10)9-11-7-13-3-5-15-11/h2-7H,8-9H2,1H3. The molecule has 0 unspecified atom stereocenters. The van der Waals surface area contributed by atoms with Gasteiger partial charge < -0.3 is 0 Å². The summed E-state index contributed by atoms with van der Waals surface area (Å²) in [4.78, 5) is 18.6. The third kappa shape index (κ3) is 3.06. The lowest BCUT2D eigenvalue weighted by Crippen LogP contribution is -2.18. The molecule has 0 fully saturated rings. The van der Waals surface area contributed by atoms with Crippen molar-refractivity contribution < 1.29 is 0 Å². The van der Waals surface area contributed by atoms with E-state index >= 15 is 0 Å². The van der Waals surface area contributed by atoms with E-state index in [9.17, 15) is 0 Å². The minimum atomic E-state index is 0.754. The van der Waals surface area contributed by atoms with Gasteiger partial charge in [0.05, 0.1) is 11.4 Å². The molecule has 0 aliphatic heterocycles. The molecule has 2 heterocycles. The summed E-state index contributed by atoms with van der Waals surface area (Å²) in [6.45, 7) is 1.51. The lowest BCUT2D eigenvalue weighted by atomic mass is 10.3. The summed E-state index contributed by atoms with van der Waals surface area (Å²) in [5.74, 6) is 0. The molecule has 0 N–H and O–H groups in total. The molecule has 0 aliphatic carbocycles. The predicted octanol–water partition coefficient (Wildman–Crippen LogP) is 0.899. The molecule has 0 saturated carbocycles. The van der Waals surface area contributed by atoms with Crippen LogP contribution in [0.15, 0.2) is 37.2 Å². The first-order valence-electron chi connectivity index (χ1n) is 5.03. The quantitative estimate of drug-likeness (QED) is 0.758. The molecule has 0 aromatic carbocycles. The van der Waals surface area contributed by atoms with E-state index in [2.05, 4.69) is 24.8 Å². The van der Waals surface area contributed by atoms with Gasteiger partial charge in [-0.3, -0.25) is 24.8 Å². The van der Waals surface area contributed by atoms with Crippen molar-refractivity contribution in [1.29, 1.82) is 0 Å². The van der Waals surface area contributed by atoms with E-state index in [1.165, 1.54) is 0 Å². The summed E-state index contributed by atoms with van der Waals surface area (Å²) in [6.07, 6.45) is 10.3. The summed E-state index contributed by atoms with van der Waals surface area (Å²) >= 11 is 0. The van der Waals surface area contributed by atoms with Crippen molar-refractivity contribution in [1.82, 2.24) is 24.8 Å². The van der Waals surface area contributed by atoms with E-state index in [1.807, 2.05) is 7.05 Å². The monoisotopic (exact) mass is 215 g/mol. The predicted molar refractivity (Wildman–Crippen MR) is 59.2 cm³/mol. The van der Waals surface area contributed by atoms with Gasteiger partial charge in [0.15, 0.2) is 0 Å². The molecule has 0 amide bonds. The Morgan fingerprint density at radius 3 is 1.75 bits per heavy atom. The van der Waals surface area contributed by atoms with Gasteiger partial charge in [-0.1, -0.05) is 0 Å². The fraction of sp³-hybridized carbons (Fsp3) is 0.273. The van der Waals surface area contributed by atoms with Crippen molar-refractivity contribution in [3.63, 3.8) is 0 Å². The van der Waals surface area contributed by atoms with E-state index in [-0.39, 0.29) is 0 Å². The molecule has 0 radical (unpaired) electrons. The number of nitrogens with zero attached hydrogens (tertiary/aromatic N) is 5. The molecule has 0 bridgehead atoms. The summed E-state index contributed by atoms with van der Waals surface area (Å²) in [6, 6.07) is 0. The van der Waals surface area contributed by atoms with Crippen molar-refractivity contribution in [2.75, 3.05) is 7.05 Å². The Hall–Kier alpha value is -1.88. The minimum absolute atomic E-state index is 0.754. The summed E-state index contributed by atoms with van der Waals surface area (Å²) in [5, 5.41) is 0. The van der Waals surface area contributed by atoms with Gasteiger partial charge in [0.1, 0.15) is 0 Å². The highest BCUT2D eigenvalue weighted by Gasteiger charge is 2.03. The molecule has 0 saturated heterocycles. The SMILES string of the molecule is CN(Cc1cnccn1)Cc1cnccn1. The van der Waals surface area contributed by atoms with Crippen LogP contribution in [0.2, 0.25) is 0 Å². The molecule has 5 heteroatoms. The van der Waals surface area contributed by atoms with E-state index in [0.717, 1.165) is 24.5 Å². The van der Waals surface area contributed by atoms with Crippen LogP contribution in [0.5, 0.6) is 0 Å². The highest BCUT2D eigenvalue weighted by molar-refractivity contribution is 4.97. The van der Waals surface area contributed by atoms with Crippen LogP contribution in [-0.4, -0.2) is 31.9 Å². The molecule has 2 aromatic rings. The third-order valence-electron chi connectivity index (χ3n) is 2.10. The molecule has 5 nitrogen and oxygen atoms in total. The van der Waals surface area contributed by atoms with E-state index in [4.69, 9.17) is 0 Å². The first kappa shape index (κ1) is 10.6. The Bertz CT molecular complexity index is 375. The van der Waals surface area contributed by atoms with Crippen LogP contribution >= 0.6 is 0 Å². The second-order valence-corrected chi connectivity index (χ2v) is 3.57. The normalized spacial score (nSPS) is 10.6. The summed E-state index contributed by atoms with van der Waals surface area (Å²) < 4.78 is 0. The minimum Gasteiger partial charge on any atom is -0.295 e. The van der Waals surface area contributed by atoms with Gasteiger partial charge in [-0.2, -0.15) is 0 Å². The molecule has 2 aromatic heterocycles. The number of hydrogen-bond acceptors (Lipinski definition) is 5. The van der Waals surface area contributed by atoms with E-state index in [1.54, 1.807) is 37.2 Å². The number of rotatable bonds is 4. The summed E-state index contributed by atoms with van der Waals surface area (Å²) in [5.41, 5.74) is 1.91.